The lowest BCUT2D eigenvalue weighted by atomic mass is 9.86. The molecule has 18 heavy (non-hydrogen) atoms. The summed E-state index contributed by atoms with van der Waals surface area (Å²) in [5.74, 6) is 0.718. The Balaban J connectivity index is 1.83. The highest BCUT2D eigenvalue weighted by Gasteiger charge is 2.25. The van der Waals surface area contributed by atoms with Crippen molar-refractivity contribution >= 4 is 29.0 Å². The van der Waals surface area contributed by atoms with E-state index >= 15 is 0 Å². The minimum absolute atomic E-state index is 0.105. The molecule has 1 heterocycles. The molecular weight excluding hydrogens is 266 g/mol. The van der Waals surface area contributed by atoms with E-state index in [1.54, 1.807) is 5.51 Å². The fourth-order valence-corrected chi connectivity index (χ4v) is 3.88. The van der Waals surface area contributed by atoms with Crippen LogP contribution in [0.15, 0.2) is 9.85 Å². The largest absolute Gasteiger partial charge is 0.352 e. The summed E-state index contributed by atoms with van der Waals surface area (Å²) in [6.07, 6.45) is 4.86. The summed E-state index contributed by atoms with van der Waals surface area (Å²) in [6.45, 7) is 4.15. The van der Waals surface area contributed by atoms with Crippen molar-refractivity contribution in [2.75, 3.05) is 0 Å². The second kappa shape index (κ2) is 6.52. The van der Waals surface area contributed by atoms with E-state index in [1.807, 2.05) is 6.92 Å². The highest BCUT2D eigenvalue weighted by atomic mass is 32.2. The molecule has 1 saturated carbocycles. The first-order valence-corrected chi connectivity index (χ1v) is 8.16. The Bertz CT molecular complexity index is 383. The van der Waals surface area contributed by atoms with Gasteiger partial charge in [-0.15, -0.1) is 10.2 Å². The van der Waals surface area contributed by atoms with Gasteiger partial charge in [0.1, 0.15) is 5.51 Å². The summed E-state index contributed by atoms with van der Waals surface area (Å²) in [4.78, 5) is 12.1. The number of carbonyl (C=O) groups is 1. The van der Waals surface area contributed by atoms with Gasteiger partial charge in [-0.2, -0.15) is 0 Å². The van der Waals surface area contributed by atoms with E-state index in [2.05, 4.69) is 22.4 Å². The van der Waals surface area contributed by atoms with Gasteiger partial charge in [0.05, 0.1) is 5.25 Å². The summed E-state index contributed by atoms with van der Waals surface area (Å²) in [5, 5.41) is 10.8. The number of thioether (sulfide) groups is 1. The van der Waals surface area contributed by atoms with E-state index < -0.39 is 0 Å². The van der Waals surface area contributed by atoms with Crippen LogP contribution in [-0.4, -0.2) is 27.4 Å². The summed E-state index contributed by atoms with van der Waals surface area (Å²) < 4.78 is 0.856. The lowest BCUT2D eigenvalue weighted by Crippen LogP contribution is -2.44. The van der Waals surface area contributed by atoms with Gasteiger partial charge in [-0.25, -0.2) is 0 Å². The number of carbonyl (C=O) groups excluding carboxylic acids is 1. The summed E-state index contributed by atoms with van der Waals surface area (Å²) in [6, 6.07) is 0.351. The smallest absolute Gasteiger partial charge is 0.233 e. The van der Waals surface area contributed by atoms with Gasteiger partial charge in [0, 0.05) is 6.04 Å². The molecule has 1 aromatic rings. The van der Waals surface area contributed by atoms with Crippen LogP contribution in [0.25, 0.3) is 0 Å². The number of hydrogen-bond donors (Lipinski definition) is 1. The van der Waals surface area contributed by atoms with Crippen molar-refractivity contribution < 1.29 is 4.79 Å². The van der Waals surface area contributed by atoms with Crippen LogP contribution in [0.2, 0.25) is 0 Å². The van der Waals surface area contributed by atoms with Gasteiger partial charge in [0.25, 0.3) is 0 Å². The first-order chi connectivity index (χ1) is 8.66. The van der Waals surface area contributed by atoms with Gasteiger partial charge in [-0.3, -0.25) is 4.79 Å². The average molecular weight is 285 g/mol. The van der Waals surface area contributed by atoms with Crippen molar-refractivity contribution in [1.82, 2.24) is 15.5 Å². The van der Waals surface area contributed by atoms with Crippen molar-refractivity contribution in [2.45, 2.75) is 55.2 Å². The Morgan fingerprint density at radius 1 is 1.56 bits per heavy atom. The SMILES string of the molecule is C[C@@H]1CCCC[C@H]1NC(=O)[C@@H](C)Sc1nncs1. The van der Waals surface area contributed by atoms with Crippen molar-refractivity contribution in [3.63, 3.8) is 0 Å². The third kappa shape index (κ3) is 3.68. The van der Waals surface area contributed by atoms with Crippen molar-refractivity contribution in [3.05, 3.63) is 5.51 Å². The molecule has 0 unspecified atom stereocenters. The maximum Gasteiger partial charge on any atom is 0.233 e. The normalized spacial score (nSPS) is 25.7. The quantitative estimate of drug-likeness (QED) is 0.864. The van der Waals surface area contributed by atoms with Gasteiger partial charge in [0.2, 0.25) is 5.91 Å². The van der Waals surface area contributed by atoms with E-state index in [9.17, 15) is 4.79 Å². The van der Waals surface area contributed by atoms with E-state index in [0.717, 1.165) is 10.8 Å². The zero-order valence-corrected chi connectivity index (χ0v) is 12.4. The zero-order valence-electron chi connectivity index (χ0n) is 10.8. The Kier molecular flexibility index (Phi) is 5.00. The number of rotatable bonds is 4. The molecule has 1 N–H and O–H groups in total. The zero-order chi connectivity index (χ0) is 13.0. The lowest BCUT2D eigenvalue weighted by molar-refractivity contribution is -0.121. The van der Waals surface area contributed by atoms with Gasteiger partial charge in [-0.05, 0) is 25.7 Å². The van der Waals surface area contributed by atoms with Gasteiger partial charge >= 0.3 is 0 Å². The molecule has 3 atom stereocenters. The van der Waals surface area contributed by atoms with Crippen LogP contribution in [0.3, 0.4) is 0 Å². The Hall–Kier alpha value is -0.620. The number of nitrogens with one attached hydrogen (secondary N) is 1. The molecular formula is C12H19N3OS2. The predicted octanol–water partition coefficient (Wildman–Crippen LogP) is 2.71. The van der Waals surface area contributed by atoms with Crippen LogP contribution in [0.4, 0.5) is 0 Å². The van der Waals surface area contributed by atoms with Crippen LogP contribution in [0, 0.1) is 5.92 Å². The highest BCUT2D eigenvalue weighted by molar-refractivity contribution is 8.02. The fraction of sp³-hybridized carbons (Fsp3) is 0.750. The molecule has 100 valence electrons. The third-order valence-electron chi connectivity index (χ3n) is 3.43. The van der Waals surface area contributed by atoms with Gasteiger partial charge in [0.15, 0.2) is 4.34 Å². The maximum absolute atomic E-state index is 12.1. The summed E-state index contributed by atoms with van der Waals surface area (Å²) >= 11 is 2.96. The average Bonchev–Trinajstić information content (AvgIpc) is 2.84. The number of hydrogen-bond acceptors (Lipinski definition) is 5. The van der Waals surface area contributed by atoms with Crippen LogP contribution < -0.4 is 5.32 Å². The van der Waals surface area contributed by atoms with Crippen molar-refractivity contribution in [1.29, 1.82) is 0 Å². The van der Waals surface area contributed by atoms with Crippen LogP contribution in [-0.2, 0) is 4.79 Å². The Morgan fingerprint density at radius 3 is 3.00 bits per heavy atom. The van der Waals surface area contributed by atoms with Gasteiger partial charge < -0.3 is 5.32 Å². The molecule has 0 aliphatic heterocycles. The topological polar surface area (TPSA) is 54.9 Å². The number of nitrogens with zero attached hydrogens (tertiary/aromatic N) is 2. The van der Waals surface area contributed by atoms with Gasteiger partial charge in [-0.1, -0.05) is 42.9 Å². The monoisotopic (exact) mass is 285 g/mol. The van der Waals surface area contributed by atoms with Crippen molar-refractivity contribution in [3.8, 4) is 0 Å². The maximum atomic E-state index is 12.1. The van der Waals surface area contributed by atoms with Crippen LogP contribution in [0.1, 0.15) is 39.5 Å². The van der Waals surface area contributed by atoms with E-state index in [4.69, 9.17) is 0 Å². The standard InChI is InChI=1S/C12H19N3OS2/c1-8-5-3-4-6-10(8)14-11(16)9(2)18-12-15-13-7-17-12/h7-10H,3-6H2,1-2H3,(H,14,16)/t8-,9-,10-/m1/s1. The molecule has 0 aromatic carbocycles. The molecule has 1 aliphatic carbocycles. The molecule has 1 aliphatic rings. The van der Waals surface area contributed by atoms with E-state index in [-0.39, 0.29) is 11.2 Å². The summed E-state index contributed by atoms with van der Waals surface area (Å²) in [7, 11) is 0. The molecule has 4 nitrogen and oxygen atoms in total. The summed E-state index contributed by atoms with van der Waals surface area (Å²) in [5.41, 5.74) is 1.69. The molecule has 1 fully saturated rings. The first kappa shape index (κ1) is 13.8. The molecule has 6 heteroatoms. The lowest BCUT2D eigenvalue weighted by Gasteiger charge is -2.30. The van der Waals surface area contributed by atoms with Crippen LogP contribution in [0.5, 0.6) is 0 Å². The van der Waals surface area contributed by atoms with Crippen LogP contribution >= 0.6 is 23.1 Å². The molecule has 0 spiro atoms. The van der Waals surface area contributed by atoms with E-state index in [0.29, 0.717) is 12.0 Å². The number of aromatic nitrogens is 2. The molecule has 0 bridgehead atoms. The first-order valence-electron chi connectivity index (χ1n) is 6.40. The van der Waals surface area contributed by atoms with Crippen molar-refractivity contribution in [2.24, 2.45) is 5.92 Å². The third-order valence-corrected chi connectivity index (χ3v) is 5.34. The van der Waals surface area contributed by atoms with E-state index in [1.165, 1.54) is 42.4 Å². The molecule has 0 radical (unpaired) electrons. The molecule has 2 rings (SSSR count). The number of amides is 1. The molecule has 0 saturated heterocycles. The Labute approximate surface area is 116 Å². The predicted molar refractivity (Wildman–Crippen MR) is 74.8 cm³/mol. The molecule has 1 aromatic heterocycles. The molecule has 1 amide bonds. The second-order valence-electron chi connectivity index (χ2n) is 4.84. The second-order valence-corrected chi connectivity index (χ2v) is 7.26. The minimum Gasteiger partial charge on any atom is -0.352 e. The fourth-order valence-electron chi connectivity index (χ4n) is 2.25. The highest BCUT2D eigenvalue weighted by Crippen LogP contribution is 2.26. The minimum atomic E-state index is -0.105. The Morgan fingerprint density at radius 2 is 2.33 bits per heavy atom.